The number of rotatable bonds is 7. The van der Waals surface area contributed by atoms with Crippen LogP contribution in [0.3, 0.4) is 0 Å². The van der Waals surface area contributed by atoms with Crippen LogP contribution >= 0.6 is 0 Å². The van der Waals surface area contributed by atoms with Gasteiger partial charge >= 0.3 is 11.9 Å². The van der Waals surface area contributed by atoms with Gasteiger partial charge < -0.3 is 10.2 Å². The average molecular weight is 448 g/mol. The molecule has 0 aliphatic carbocycles. The molecule has 2 heterocycles. The van der Waals surface area contributed by atoms with Gasteiger partial charge in [-0.3, -0.25) is 9.97 Å². The van der Waals surface area contributed by atoms with Crippen molar-refractivity contribution in [3.05, 3.63) is 119 Å². The van der Waals surface area contributed by atoms with E-state index in [9.17, 15) is 19.8 Å². The summed E-state index contributed by atoms with van der Waals surface area (Å²) >= 11 is 0. The maximum absolute atomic E-state index is 11.4. The van der Waals surface area contributed by atoms with E-state index in [4.69, 9.17) is 0 Å². The quantitative estimate of drug-likeness (QED) is 0.366. The van der Waals surface area contributed by atoms with Crippen molar-refractivity contribution >= 4 is 36.2 Å². The number of aromatic nitrogens is 2. The highest BCUT2D eigenvalue weighted by atomic mass is 16.4. The lowest BCUT2D eigenvalue weighted by Gasteiger charge is -2.04. The predicted molar refractivity (Wildman–Crippen MR) is 132 cm³/mol. The lowest BCUT2D eigenvalue weighted by molar-refractivity contribution is 0.0686. The second kappa shape index (κ2) is 10.2. The third kappa shape index (κ3) is 5.31. The standard InChI is InChI=1S/C28H20N2O4/c31-27(32)23-7-3-1-5-21(23)11-9-19-13-15-29-25(17-19)26-18-20(14-16-30-26)10-12-22-6-2-4-8-24(22)28(33)34/h1-18H,(H,31,32)(H,33,34). The molecular weight excluding hydrogens is 428 g/mol. The first-order valence-electron chi connectivity index (χ1n) is 10.4. The van der Waals surface area contributed by atoms with Crippen molar-refractivity contribution in [3.8, 4) is 11.4 Å². The van der Waals surface area contributed by atoms with Gasteiger partial charge in [-0.05, 0) is 58.7 Å². The van der Waals surface area contributed by atoms with Crippen LogP contribution in [-0.2, 0) is 0 Å². The maximum Gasteiger partial charge on any atom is 0.336 e. The van der Waals surface area contributed by atoms with Gasteiger partial charge in [-0.2, -0.15) is 0 Å². The van der Waals surface area contributed by atoms with Crippen LogP contribution in [0, 0.1) is 0 Å². The van der Waals surface area contributed by atoms with E-state index in [0.717, 1.165) is 11.1 Å². The zero-order valence-corrected chi connectivity index (χ0v) is 18.0. The van der Waals surface area contributed by atoms with E-state index in [1.165, 1.54) is 0 Å². The van der Waals surface area contributed by atoms with Gasteiger partial charge in [0.05, 0.1) is 22.5 Å². The Kier molecular flexibility index (Phi) is 6.70. The number of aromatic carboxylic acids is 2. The summed E-state index contributed by atoms with van der Waals surface area (Å²) in [5.74, 6) is -1.95. The Morgan fingerprint density at radius 2 is 1.00 bits per heavy atom. The first-order valence-corrected chi connectivity index (χ1v) is 10.4. The third-order valence-electron chi connectivity index (χ3n) is 5.12. The van der Waals surface area contributed by atoms with Crippen LogP contribution in [0.2, 0.25) is 0 Å². The first-order chi connectivity index (χ1) is 16.5. The third-order valence-corrected chi connectivity index (χ3v) is 5.12. The number of pyridine rings is 2. The van der Waals surface area contributed by atoms with Crippen molar-refractivity contribution < 1.29 is 19.8 Å². The molecule has 0 aliphatic rings. The largest absolute Gasteiger partial charge is 0.478 e. The smallest absolute Gasteiger partial charge is 0.336 e. The molecule has 2 N–H and O–H groups in total. The number of carbonyl (C=O) groups is 2. The van der Waals surface area contributed by atoms with Gasteiger partial charge in [0.25, 0.3) is 0 Å². The average Bonchev–Trinajstić information content (AvgIpc) is 2.87. The molecule has 4 rings (SSSR count). The number of benzene rings is 2. The molecule has 6 nitrogen and oxygen atoms in total. The predicted octanol–water partition coefficient (Wildman–Crippen LogP) is 5.88. The summed E-state index contributed by atoms with van der Waals surface area (Å²) in [7, 11) is 0. The molecule has 2 aromatic heterocycles. The molecule has 2 aromatic carbocycles. The number of hydrogen-bond acceptors (Lipinski definition) is 4. The van der Waals surface area contributed by atoms with Crippen molar-refractivity contribution in [2.75, 3.05) is 0 Å². The minimum absolute atomic E-state index is 0.235. The Hall–Kier alpha value is -4.84. The monoisotopic (exact) mass is 448 g/mol. The van der Waals surface area contributed by atoms with Crippen molar-refractivity contribution in [2.24, 2.45) is 0 Å². The molecule has 0 saturated heterocycles. The van der Waals surface area contributed by atoms with Gasteiger partial charge in [0.2, 0.25) is 0 Å². The molecule has 0 unspecified atom stereocenters. The summed E-state index contributed by atoms with van der Waals surface area (Å²) < 4.78 is 0. The van der Waals surface area contributed by atoms with E-state index in [1.54, 1.807) is 73.1 Å². The number of nitrogens with zero attached hydrogens (tertiary/aromatic N) is 2. The lowest BCUT2D eigenvalue weighted by Crippen LogP contribution is -1.98. The molecule has 0 spiro atoms. The van der Waals surface area contributed by atoms with Crippen molar-refractivity contribution in [1.29, 1.82) is 0 Å². The first kappa shape index (κ1) is 22.4. The van der Waals surface area contributed by atoms with E-state index >= 15 is 0 Å². The van der Waals surface area contributed by atoms with Crippen LogP contribution in [0.1, 0.15) is 43.0 Å². The zero-order chi connectivity index (χ0) is 23.9. The minimum Gasteiger partial charge on any atom is -0.478 e. The fourth-order valence-corrected chi connectivity index (χ4v) is 3.43. The molecule has 0 saturated carbocycles. The van der Waals surface area contributed by atoms with E-state index in [2.05, 4.69) is 9.97 Å². The molecule has 0 bridgehead atoms. The molecule has 0 fully saturated rings. The molecular formula is C28H20N2O4. The summed E-state index contributed by atoms with van der Waals surface area (Å²) in [4.78, 5) is 31.7. The van der Waals surface area contributed by atoms with E-state index in [-0.39, 0.29) is 11.1 Å². The molecule has 166 valence electrons. The molecule has 4 aromatic rings. The Morgan fingerprint density at radius 1 is 0.588 bits per heavy atom. The topological polar surface area (TPSA) is 100 Å². The summed E-state index contributed by atoms with van der Waals surface area (Å²) in [6.07, 6.45) is 10.5. The highest BCUT2D eigenvalue weighted by molar-refractivity contribution is 5.94. The second-order valence-electron chi connectivity index (χ2n) is 7.40. The molecule has 0 atom stereocenters. The number of carboxylic acids is 2. The highest BCUT2D eigenvalue weighted by Gasteiger charge is 2.08. The van der Waals surface area contributed by atoms with E-state index < -0.39 is 11.9 Å². The van der Waals surface area contributed by atoms with Gasteiger partial charge in [0.1, 0.15) is 0 Å². The van der Waals surface area contributed by atoms with Crippen LogP contribution in [0.4, 0.5) is 0 Å². The van der Waals surface area contributed by atoms with Gasteiger partial charge in [-0.25, -0.2) is 9.59 Å². The summed E-state index contributed by atoms with van der Waals surface area (Å²) in [5, 5.41) is 18.7. The molecule has 0 aliphatic heterocycles. The van der Waals surface area contributed by atoms with Crippen LogP contribution < -0.4 is 0 Å². The zero-order valence-electron chi connectivity index (χ0n) is 18.0. The van der Waals surface area contributed by atoms with E-state index in [0.29, 0.717) is 22.5 Å². The van der Waals surface area contributed by atoms with Gasteiger partial charge in [0, 0.05) is 12.4 Å². The van der Waals surface area contributed by atoms with Crippen LogP contribution in [0.25, 0.3) is 35.7 Å². The maximum atomic E-state index is 11.4. The fraction of sp³-hybridized carbons (Fsp3) is 0. The van der Waals surface area contributed by atoms with Crippen LogP contribution in [0.5, 0.6) is 0 Å². The van der Waals surface area contributed by atoms with Crippen LogP contribution in [0.15, 0.2) is 85.2 Å². The lowest BCUT2D eigenvalue weighted by atomic mass is 10.0. The normalized spacial score (nSPS) is 11.2. The summed E-state index contributed by atoms with van der Waals surface area (Å²) in [5.41, 5.74) is 4.72. The number of carboxylic acid groups (broad SMARTS) is 2. The van der Waals surface area contributed by atoms with Crippen molar-refractivity contribution in [1.82, 2.24) is 9.97 Å². The minimum atomic E-state index is -0.976. The Labute approximate surface area is 196 Å². The molecule has 0 amide bonds. The van der Waals surface area contributed by atoms with Gasteiger partial charge in [0.15, 0.2) is 0 Å². The highest BCUT2D eigenvalue weighted by Crippen LogP contribution is 2.20. The summed E-state index contributed by atoms with van der Waals surface area (Å²) in [6.45, 7) is 0. The van der Waals surface area contributed by atoms with Gasteiger partial charge in [-0.15, -0.1) is 0 Å². The Balaban J connectivity index is 1.59. The van der Waals surface area contributed by atoms with E-state index in [1.807, 2.05) is 36.4 Å². The van der Waals surface area contributed by atoms with Crippen molar-refractivity contribution in [2.45, 2.75) is 0 Å². The fourth-order valence-electron chi connectivity index (χ4n) is 3.43. The van der Waals surface area contributed by atoms with Crippen molar-refractivity contribution in [3.63, 3.8) is 0 Å². The summed E-state index contributed by atoms with van der Waals surface area (Å²) in [6, 6.07) is 21.0. The Bertz CT molecular complexity index is 1310. The molecule has 0 radical (unpaired) electrons. The molecule has 6 heteroatoms. The van der Waals surface area contributed by atoms with Gasteiger partial charge in [-0.1, -0.05) is 60.7 Å². The second-order valence-corrected chi connectivity index (χ2v) is 7.40. The molecule has 34 heavy (non-hydrogen) atoms. The number of hydrogen-bond donors (Lipinski definition) is 2. The van der Waals surface area contributed by atoms with Crippen LogP contribution in [-0.4, -0.2) is 32.1 Å². The Morgan fingerprint density at radius 3 is 1.41 bits per heavy atom. The SMILES string of the molecule is O=C(O)c1ccccc1C=Cc1ccnc(-c2cc(C=Cc3ccccc3C(=O)O)ccn2)c1.